The number of carbonyl (C=O) groups excluding carboxylic acids is 3. The van der Waals surface area contributed by atoms with E-state index in [0.29, 0.717) is 41.5 Å². The Morgan fingerprint density at radius 3 is 2.56 bits per heavy atom. The molecule has 34 heavy (non-hydrogen) atoms. The van der Waals surface area contributed by atoms with Gasteiger partial charge in [-0.05, 0) is 49.2 Å². The summed E-state index contributed by atoms with van der Waals surface area (Å²) in [5.41, 5.74) is 1.14. The molecule has 0 saturated carbocycles. The van der Waals surface area contributed by atoms with Crippen LogP contribution < -0.4 is 15.4 Å². The third-order valence-electron chi connectivity index (χ3n) is 5.35. The number of likely N-dealkylation sites (tertiary alicyclic amines) is 1. The molecule has 176 valence electrons. The van der Waals surface area contributed by atoms with Gasteiger partial charge in [0.1, 0.15) is 5.75 Å². The number of nitrogens with zero attached hydrogens (tertiary/aromatic N) is 3. The molecule has 1 aliphatic heterocycles. The van der Waals surface area contributed by atoms with Crippen molar-refractivity contribution in [3.8, 4) is 5.75 Å². The summed E-state index contributed by atoms with van der Waals surface area (Å²) in [6.07, 6.45) is 1.34. The number of para-hydroxylation sites is 2. The minimum Gasteiger partial charge on any atom is -0.495 e. The minimum atomic E-state index is -0.466. The maximum absolute atomic E-state index is 13.0. The Balaban J connectivity index is 1.38. The number of benzene rings is 2. The number of hydrogen-bond donors (Lipinski definition) is 2. The largest absolute Gasteiger partial charge is 0.495 e. The van der Waals surface area contributed by atoms with E-state index >= 15 is 0 Å². The van der Waals surface area contributed by atoms with Crippen LogP contribution in [-0.2, 0) is 4.79 Å². The summed E-state index contributed by atoms with van der Waals surface area (Å²) in [4.78, 5) is 39.9. The molecule has 2 aromatic carbocycles. The molecule has 9 nitrogen and oxygen atoms in total. The van der Waals surface area contributed by atoms with Gasteiger partial charge in [0, 0.05) is 23.8 Å². The number of methoxy groups -OCH3 is 1. The lowest BCUT2D eigenvalue weighted by Crippen LogP contribution is -2.43. The first-order valence-corrected chi connectivity index (χ1v) is 11.8. The van der Waals surface area contributed by atoms with Crippen LogP contribution in [0.15, 0.2) is 48.5 Å². The fourth-order valence-electron chi connectivity index (χ4n) is 3.61. The maximum atomic E-state index is 13.0. The van der Waals surface area contributed by atoms with Crippen LogP contribution in [0.1, 0.15) is 32.4 Å². The minimum absolute atomic E-state index is 0.0702. The van der Waals surface area contributed by atoms with Gasteiger partial charge >= 0.3 is 0 Å². The van der Waals surface area contributed by atoms with Crippen molar-refractivity contribution in [2.24, 2.45) is 5.92 Å². The Kier molecular flexibility index (Phi) is 7.39. The molecule has 1 fully saturated rings. The number of piperidine rings is 1. The smallest absolute Gasteiger partial charge is 0.286 e. The van der Waals surface area contributed by atoms with Gasteiger partial charge in [-0.1, -0.05) is 35.1 Å². The number of carbonyl (C=O) groups is 3. The first-order chi connectivity index (χ1) is 16.4. The summed E-state index contributed by atoms with van der Waals surface area (Å²) in [5.74, 6) is -0.798. The highest BCUT2D eigenvalue weighted by molar-refractivity contribution is 7.15. The predicted octanol–water partition coefficient (Wildman–Crippen LogP) is 3.94. The van der Waals surface area contributed by atoms with Gasteiger partial charge < -0.3 is 20.3 Å². The fraction of sp³-hybridized carbons (Fsp3) is 0.261. The van der Waals surface area contributed by atoms with E-state index < -0.39 is 5.91 Å². The molecule has 0 radical (unpaired) electrons. The van der Waals surface area contributed by atoms with Crippen LogP contribution in [0.2, 0.25) is 5.02 Å². The predicted molar refractivity (Wildman–Crippen MR) is 130 cm³/mol. The van der Waals surface area contributed by atoms with E-state index in [4.69, 9.17) is 16.3 Å². The van der Waals surface area contributed by atoms with Crippen LogP contribution >= 0.6 is 22.9 Å². The van der Waals surface area contributed by atoms with E-state index in [1.807, 2.05) is 12.1 Å². The Labute approximate surface area is 205 Å². The van der Waals surface area contributed by atoms with E-state index in [1.54, 1.807) is 41.3 Å². The molecule has 3 amide bonds. The van der Waals surface area contributed by atoms with Crippen molar-refractivity contribution in [1.82, 2.24) is 15.1 Å². The summed E-state index contributed by atoms with van der Waals surface area (Å²) in [5, 5.41) is 14.1. The van der Waals surface area contributed by atoms with Crippen LogP contribution in [0.3, 0.4) is 0 Å². The SMILES string of the molecule is COc1ccccc1NC(=O)[C@@H]1CCCN(C(=O)c2nnc(C(=O)Nc3ccc(Cl)cc3)s2)C1. The maximum Gasteiger partial charge on any atom is 0.286 e. The molecule has 1 aromatic heterocycles. The van der Waals surface area contributed by atoms with Gasteiger partial charge in [0.25, 0.3) is 11.8 Å². The lowest BCUT2D eigenvalue weighted by atomic mass is 9.97. The van der Waals surface area contributed by atoms with Crippen molar-refractivity contribution >= 4 is 52.0 Å². The lowest BCUT2D eigenvalue weighted by molar-refractivity contribution is -0.121. The molecule has 1 aliphatic rings. The third-order valence-corrected chi connectivity index (χ3v) is 6.51. The van der Waals surface area contributed by atoms with Gasteiger partial charge in [-0.2, -0.15) is 0 Å². The van der Waals surface area contributed by atoms with Crippen molar-refractivity contribution in [2.75, 3.05) is 30.8 Å². The molecular weight excluding hydrogens is 478 g/mol. The topological polar surface area (TPSA) is 114 Å². The van der Waals surface area contributed by atoms with Crippen LogP contribution in [0, 0.1) is 5.92 Å². The quantitative estimate of drug-likeness (QED) is 0.531. The molecule has 2 heterocycles. The van der Waals surface area contributed by atoms with Gasteiger partial charge in [-0.15, -0.1) is 10.2 Å². The number of ether oxygens (including phenoxy) is 1. The van der Waals surface area contributed by atoms with E-state index in [1.165, 1.54) is 7.11 Å². The van der Waals surface area contributed by atoms with Crippen LogP contribution in [0.25, 0.3) is 0 Å². The summed E-state index contributed by atoms with van der Waals surface area (Å²) >= 11 is 6.77. The average molecular weight is 500 g/mol. The second-order valence-electron chi connectivity index (χ2n) is 7.65. The summed E-state index contributed by atoms with van der Waals surface area (Å²) < 4.78 is 5.28. The Bertz CT molecular complexity index is 1200. The zero-order valence-corrected chi connectivity index (χ0v) is 19.9. The standard InChI is InChI=1S/C23H22ClN5O4S/c1-33-18-7-3-2-6-17(18)26-19(30)14-5-4-12-29(13-14)23(32)22-28-27-21(34-22)20(31)25-16-10-8-15(24)9-11-16/h2-3,6-11,14H,4-5,12-13H2,1H3,(H,25,31)(H,26,30)/t14-/m1/s1. The van der Waals surface area contributed by atoms with Crippen molar-refractivity contribution < 1.29 is 19.1 Å². The third kappa shape index (κ3) is 5.52. The molecule has 1 saturated heterocycles. The second kappa shape index (κ2) is 10.6. The molecule has 0 aliphatic carbocycles. The van der Waals surface area contributed by atoms with Crippen LogP contribution in [0.4, 0.5) is 11.4 Å². The van der Waals surface area contributed by atoms with Crippen molar-refractivity contribution in [1.29, 1.82) is 0 Å². The second-order valence-corrected chi connectivity index (χ2v) is 9.07. The number of anilines is 2. The van der Waals surface area contributed by atoms with Crippen LogP contribution in [0.5, 0.6) is 5.75 Å². The van der Waals surface area contributed by atoms with E-state index in [9.17, 15) is 14.4 Å². The zero-order chi connectivity index (χ0) is 24.1. The summed E-state index contributed by atoms with van der Waals surface area (Å²) in [7, 11) is 1.54. The molecule has 1 atom stereocenters. The monoisotopic (exact) mass is 499 g/mol. The van der Waals surface area contributed by atoms with Gasteiger partial charge in [0.2, 0.25) is 15.9 Å². The normalized spacial score (nSPS) is 15.5. The number of aromatic nitrogens is 2. The van der Waals surface area contributed by atoms with E-state index in [2.05, 4.69) is 20.8 Å². The average Bonchev–Trinajstić information content (AvgIpc) is 3.36. The van der Waals surface area contributed by atoms with Gasteiger partial charge in [-0.3, -0.25) is 14.4 Å². The number of amides is 3. The molecular formula is C23H22ClN5O4S. The molecule has 11 heteroatoms. The van der Waals surface area contributed by atoms with Gasteiger partial charge in [0.15, 0.2) is 0 Å². The van der Waals surface area contributed by atoms with Crippen molar-refractivity contribution in [3.05, 3.63) is 63.6 Å². The fourth-order valence-corrected chi connectivity index (χ4v) is 4.45. The van der Waals surface area contributed by atoms with Gasteiger partial charge in [-0.25, -0.2) is 0 Å². The summed E-state index contributed by atoms with van der Waals surface area (Å²) in [6.45, 7) is 0.759. The Morgan fingerprint density at radius 1 is 1.06 bits per heavy atom. The molecule has 0 unspecified atom stereocenters. The van der Waals surface area contributed by atoms with Crippen molar-refractivity contribution in [3.63, 3.8) is 0 Å². The molecule has 4 rings (SSSR count). The van der Waals surface area contributed by atoms with Gasteiger partial charge in [0.05, 0.1) is 18.7 Å². The number of halogens is 1. The molecule has 3 aromatic rings. The zero-order valence-electron chi connectivity index (χ0n) is 18.3. The van der Waals surface area contributed by atoms with Crippen LogP contribution in [-0.4, -0.2) is 53.0 Å². The highest BCUT2D eigenvalue weighted by atomic mass is 35.5. The Morgan fingerprint density at radius 2 is 1.79 bits per heavy atom. The number of hydrogen-bond acceptors (Lipinski definition) is 7. The van der Waals surface area contributed by atoms with E-state index in [0.717, 1.165) is 11.3 Å². The highest BCUT2D eigenvalue weighted by Crippen LogP contribution is 2.26. The molecule has 0 spiro atoms. The summed E-state index contributed by atoms with van der Waals surface area (Å²) in [6, 6.07) is 13.8. The first-order valence-electron chi connectivity index (χ1n) is 10.6. The number of rotatable bonds is 6. The van der Waals surface area contributed by atoms with Crippen molar-refractivity contribution in [2.45, 2.75) is 12.8 Å². The first kappa shape index (κ1) is 23.7. The Hall–Kier alpha value is -3.50. The number of nitrogens with one attached hydrogen (secondary N) is 2. The molecule has 0 bridgehead atoms. The lowest BCUT2D eigenvalue weighted by Gasteiger charge is -2.31. The molecule has 2 N–H and O–H groups in total. The van der Waals surface area contributed by atoms with E-state index in [-0.39, 0.29) is 34.3 Å². The highest BCUT2D eigenvalue weighted by Gasteiger charge is 2.31.